The molecule has 2 N–H and O–H groups in total. The van der Waals surface area contributed by atoms with Crippen molar-refractivity contribution < 1.29 is 4.74 Å². The van der Waals surface area contributed by atoms with Gasteiger partial charge in [0.1, 0.15) is 12.4 Å². The molecule has 1 atom stereocenters. The maximum absolute atomic E-state index is 6.00. The van der Waals surface area contributed by atoms with Crippen molar-refractivity contribution in [1.82, 2.24) is 0 Å². The van der Waals surface area contributed by atoms with Crippen LogP contribution in [-0.2, 0) is 6.61 Å². The Morgan fingerprint density at radius 3 is 2.65 bits per heavy atom. The predicted octanol–water partition coefficient (Wildman–Crippen LogP) is 5.12. The molecular weight excluding hydrogens is 314 g/mol. The largest absolute Gasteiger partial charge is 0.489 e. The Hall–Kier alpha value is -1.48. The number of hydrogen-bond acceptors (Lipinski definition) is 2. The topological polar surface area (TPSA) is 35.2 Å². The van der Waals surface area contributed by atoms with Gasteiger partial charge in [-0.3, -0.25) is 0 Å². The maximum atomic E-state index is 6.00. The van der Waals surface area contributed by atoms with Crippen molar-refractivity contribution in [3.8, 4) is 5.75 Å². The molecule has 0 aliphatic rings. The highest BCUT2D eigenvalue weighted by Gasteiger charge is 2.10. The summed E-state index contributed by atoms with van der Waals surface area (Å²) >= 11 is 3.52. The quantitative estimate of drug-likeness (QED) is 0.770. The lowest BCUT2D eigenvalue weighted by molar-refractivity contribution is 0.300. The summed E-state index contributed by atoms with van der Waals surface area (Å²) in [5.74, 6) is 1.46. The van der Waals surface area contributed by atoms with E-state index in [0.29, 0.717) is 12.5 Å². The van der Waals surface area contributed by atoms with E-state index < -0.39 is 0 Å². The summed E-state index contributed by atoms with van der Waals surface area (Å²) in [5, 5.41) is 0. The lowest BCUT2D eigenvalue weighted by Gasteiger charge is -2.16. The molecule has 0 aliphatic heterocycles. The predicted molar refractivity (Wildman–Crippen MR) is 88.0 cm³/mol. The van der Waals surface area contributed by atoms with Crippen LogP contribution in [0.25, 0.3) is 0 Å². The van der Waals surface area contributed by atoms with Gasteiger partial charge in [-0.15, -0.1) is 0 Å². The summed E-state index contributed by atoms with van der Waals surface area (Å²) in [6.07, 6.45) is 1.10. The van der Waals surface area contributed by atoms with Gasteiger partial charge in [-0.05, 0) is 36.1 Å². The molecule has 3 heteroatoms. The first-order chi connectivity index (χ1) is 9.61. The Labute approximate surface area is 129 Å². The minimum absolute atomic E-state index is 0.501. The highest BCUT2D eigenvalue weighted by molar-refractivity contribution is 9.10. The number of hydrogen-bond donors (Lipinski definition) is 1. The van der Waals surface area contributed by atoms with Crippen molar-refractivity contribution in [2.45, 2.75) is 32.8 Å². The second kappa shape index (κ2) is 6.80. The van der Waals surface area contributed by atoms with E-state index >= 15 is 0 Å². The van der Waals surface area contributed by atoms with E-state index in [1.54, 1.807) is 0 Å². The SMILES string of the molecule is CCC(C)c1ccccc1OCc1ccc(N)cc1Br. The molecule has 0 saturated carbocycles. The molecule has 2 aromatic rings. The van der Waals surface area contributed by atoms with Crippen molar-refractivity contribution in [3.63, 3.8) is 0 Å². The number of benzene rings is 2. The van der Waals surface area contributed by atoms with Crippen LogP contribution in [0.5, 0.6) is 5.75 Å². The zero-order valence-electron chi connectivity index (χ0n) is 11.9. The standard InChI is InChI=1S/C17H20BrNO/c1-3-12(2)15-6-4-5-7-17(15)20-11-13-8-9-14(19)10-16(13)18/h4-10,12H,3,11,19H2,1-2H3. The van der Waals surface area contributed by atoms with Crippen molar-refractivity contribution in [3.05, 3.63) is 58.1 Å². The second-order valence-electron chi connectivity index (χ2n) is 4.99. The Morgan fingerprint density at radius 1 is 1.20 bits per heavy atom. The van der Waals surface area contributed by atoms with Crippen LogP contribution >= 0.6 is 15.9 Å². The first-order valence-corrected chi connectivity index (χ1v) is 7.66. The van der Waals surface area contributed by atoms with E-state index in [1.165, 1.54) is 5.56 Å². The summed E-state index contributed by atoms with van der Waals surface area (Å²) in [6.45, 7) is 4.95. The monoisotopic (exact) mass is 333 g/mol. The third-order valence-corrected chi connectivity index (χ3v) is 4.26. The highest BCUT2D eigenvalue weighted by atomic mass is 79.9. The molecule has 2 aromatic carbocycles. The molecule has 0 aliphatic carbocycles. The number of rotatable bonds is 5. The molecule has 1 unspecified atom stereocenters. The van der Waals surface area contributed by atoms with Gasteiger partial charge in [0.25, 0.3) is 0 Å². The van der Waals surface area contributed by atoms with Gasteiger partial charge in [0.05, 0.1) is 0 Å². The van der Waals surface area contributed by atoms with Crippen molar-refractivity contribution in [2.24, 2.45) is 0 Å². The third-order valence-electron chi connectivity index (χ3n) is 3.52. The van der Waals surface area contributed by atoms with Crippen LogP contribution in [0.4, 0.5) is 5.69 Å². The number of nitrogen functional groups attached to an aromatic ring is 1. The van der Waals surface area contributed by atoms with Crippen LogP contribution in [0.3, 0.4) is 0 Å². The fraction of sp³-hybridized carbons (Fsp3) is 0.294. The molecule has 2 rings (SSSR count). The van der Waals surface area contributed by atoms with E-state index in [1.807, 2.05) is 30.3 Å². The fourth-order valence-corrected chi connectivity index (χ4v) is 2.59. The van der Waals surface area contributed by atoms with E-state index in [0.717, 1.165) is 27.9 Å². The number of ether oxygens (including phenoxy) is 1. The van der Waals surface area contributed by atoms with E-state index in [2.05, 4.69) is 41.9 Å². The highest BCUT2D eigenvalue weighted by Crippen LogP contribution is 2.29. The van der Waals surface area contributed by atoms with Gasteiger partial charge in [0, 0.05) is 15.7 Å². The van der Waals surface area contributed by atoms with Gasteiger partial charge in [0.2, 0.25) is 0 Å². The molecule has 0 saturated heterocycles. The molecule has 106 valence electrons. The number of para-hydroxylation sites is 1. The van der Waals surface area contributed by atoms with Crippen molar-refractivity contribution in [1.29, 1.82) is 0 Å². The Balaban J connectivity index is 2.15. The van der Waals surface area contributed by atoms with Crippen LogP contribution in [0.2, 0.25) is 0 Å². The Bertz CT molecular complexity index is 583. The van der Waals surface area contributed by atoms with Crippen LogP contribution < -0.4 is 10.5 Å². The van der Waals surface area contributed by atoms with Crippen LogP contribution in [0, 0.1) is 0 Å². The minimum Gasteiger partial charge on any atom is -0.489 e. The average Bonchev–Trinajstić information content (AvgIpc) is 2.46. The zero-order valence-corrected chi connectivity index (χ0v) is 13.5. The summed E-state index contributed by atoms with van der Waals surface area (Å²) in [5.41, 5.74) is 8.86. The van der Waals surface area contributed by atoms with Gasteiger partial charge in [-0.1, -0.05) is 54.0 Å². The average molecular weight is 334 g/mol. The zero-order chi connectivity index (χ0) is 14.5. The van der Waals surface area contributed by atoms with E-state index in [4.69, 9.17) is 10.5 Å². The van der Waals surface area contributed by atoms with Crippen molar-refractivity contribution >= 4 is 21.6 Å². The van der Waals surface area contributed by atoms with Crippen LogP contribution in [0.1, 0.15) is 37.3 Å². The van der Waals surface area contributed by atoms with E-state index in [9.17, 15) is 0 Å². The van der Waals surface area contributed by atoms with Crippen molar-refractivity contribution in [2.75, 3.05) is 5.73 Å². The van der Waals surface area contributed by atoms with Crippen LogP contribution in [0.15, 0.2) is 46.9 Å². The summed E-state index contributed by atoms with van der Waals surface area (Å²) in [7, 11) is 0. The fourth-order valence-electron chi connectivity index (χ4n) is 2.08. The molecular formula is C17H20BrNO. The lowest BCUT2D eigenvalue weighted by Crippen LogP contribution is -2.01. The normalized spacial score (nSPS) is 12.2. The second-order valence-corrected chi connectivity index (χ2v) is 5.84. The molecule has 0 aromatic heterocycles. The Morgan fingerprint density at radius 2 is 1.95 bits per heavy atom. The molecule has 0 fully saturated rings. The van der Waals surface area contributed by atoms with Gasteiger partial charge < -0.3 is 10.5 Å². The van der Waals surface area contributed by atoms with E-state index in [-0.39, 0.29) is 0 Å². The van der Waals surface area contributed by atoms with Gasteiger partial charge in [0.15, 0.2) is 0 Å². The smallest absolute Gasteiger partial charge is 0.123 e. The molecule has 0 spiro atoms. The minimum atomic E-state index is 0.501. The van der Waals surface area contributed by atoms with Gasteiger partial charge in [-0.2, -0.15) is 0 Å². The summed E-state index contributed by atoms with van der Waals surface area (Å²) in [6, 6.07) is 14.0. The van der Waals surface area contributed by atoms with Crippen LogP contribution in [-0.4, -0.2) is 0 Å². The molecule has 0 radical (unpaired) electrons. The first-order valence-electron chi connectivity index (χ1n) is 6.87. The molecule has 0 bridgehead atoms. The van der Waals surface area contributed by atoms with Gasteiger partial charge >= 0.3 is 0 Å². The number of halogens is 1. The number of anilines is 1. The summed E-state index contributed by atoms with van der Waals surface area (Å²) in [4.78, 5) is 0. The maximum Gasteiger partial charge on any atom is 0.123 e. The van der Waals surface area contributed by atoms with Gasteiger partial charge in [-0.25, -0.2) is 0 Å². The first kappa shape index (κ1) is 14.9. The lowest BCUT2D eigenvalue weighted by atomic mass is 9.98. The molecule has 20 heavy (non-hydrogen) atoms. The molecule has 2 nitrogen and oxygen atoms in total. The number of nitrogens with two attached hydrogens (primary N) is 1. The molecule has 0 amide bonds. The third kappa shape index (κ3) is 3.54. The Kier molecular flexibility index (Phi) is 5.07. The summed E-state index contributed by atoms with van der Waals surface area (Å²) < 4.78 is 6.98. The molecule has 0 heterocycles.